The summed E-state index contributed by atoms with van der Waals surface area (Å²) in [7, 11) is 1.82. The molecule has 0 bridgehead atoms. The number of aryl methyl sites for hydroxylation is 2. The molecule has 4 nitrogen and oxygen atoms in total. The Kier molecular flexibility index (Phi) is 4.72. The highest BCUT2D eigenvalue weighted by Gasteiger charge is 2.21. The van der Waals surface area contributed by atoms with Crippen LogP contribution in [0.15, 0.2) is 41.7 Å². The zero-order chi connectivity index (χ0) is 17.2. The number of thiophene rings is 1. The Morgan fingerprint density at radius 1 is 1.20 bits per heavy atom. The molecule has 0 spiro atoms. The number of nitrogens with zero attached hydrogens (tertiary/aromatic N) is 3. The largest absolute Gasteiger partial charge is 0.315 e. The summed E-state index contributed by atoms with van der Waals surface area (Å²) in [6.07, 6.45) is 6.37. The third kappa shape index (κ3) is 3.28. The van der Waals surface area contributed by atoms with E-state index < -0.39 is 0 Å². The molecular weight excluding hydrogens is 350 g/mol. The zero-order valence-electron chi connectivity index (χ0n) is 14.1. The van der Waals surface area contributed by atoms with Crippen molar-refractivity contribution in [3.8, 4) is 0 Å². The highest BCUT2D eigenvalue weighted by Crippen LogP contribution is 2.39. The molecule has 4 rings (SSSR count). The molecule has 25 heavy (non-hydrogen) atoms. The van der Waals surface area contributed by atoms with E-state index in [9.17, 15) is 4.79 Å². The highest BCUT2D eigenvalue weighted by molar-refractivity contribution is 8.00. The van der Waals surface area contributed by atoms with Crippen molar-refractivity contribution >= 4 is 44.9 Å². The first-order valence-electron chi connectivity index (χ1n) is 8.43. The van der Waals surface area contributed by atoms with Crippen molar-refractivity contribution in [1.29, 1.82) is 0 Å². The molecule has 1 aromatic carbocycles. The van der Waals surface area contributed by atoms with Gasteiger partial charge in [0.1, 0.15) is 16.2 Å². The number of benzene rings is 1. The zero-order valence-corrected chi connectivity index (χ0v) is 15.7. The molecule has 2 heterocycles. The molecule has 0 N–H and O–H groups in total. The molecule has 0 saturated carbocycles. The van der Waals surface area contributed by atoms with E-state index in [1.807, 2.05) is 37.4 Å². The second-order valence-electron chi connectivity index (χ2n) is 6.15. The fourth-order valence-corrected chi connectivity index (χ4v) is 5.43. The van der Waals surface area contributed by atoms with Crippen LogP contribution in [0.4, 0.5) is 5.69 Å². The van der Waals surface area contributed by atoms with Gasteiger partial charge in [-0.15, -0.1) is 11.3 Å². The Balaban J connectivity index is 1.55. The summed E-state index contributed by atoms with van der Waals surface area (Å²) >= 11 is 3.31. The van der Waals surface area contributed by atoms with Crippen LogP contribution in [-0.2, 0) is 17.6 Å². The fraction of sp³-hybridized carbons (Fsp3) is 0.316. The first-order chi connectivity index (χ1) is 12.2. The number of para-hydroxylation sites is 1. The molecule has 128 valence electrons. The minimum atomic E-state index is 0.0760. The van der Waals surface area contributed by atoms with Crippen molar-refractivity contribution in [2.24, 2.45) is 0 Å². The van der Waals surface area contributed by atoms with E-state index in [4.69, 9.17) is 0 Å². The number of hydrogen-bond donors (Lipinski definition) is 0. The standard InChI is InChI=1S/C19H19N3OS2/c1-22(13-7-3-2-4-8-13)16(23)11-24-18-17-14-9-5-6-10-15(14)25-19(17)21-12-20-18/h2-4,7-8,12H,5-6,9-11H2,1H3. The number of carbonyl (C=O) groups excluding carboxylic acids is 1. The number of fused-ring (bicyclic) bond motifs is 3. The summed E-state index contributed by atoms with van der Waals surface area (Å²) in [6, 6.07) is 9.73. The van der Waals surface area contributed by atoms with Gasteiger partial charge >= 0.3 is 0 Å². The van der Waals surface area contributed by atoms with Gasteiger partial charge in [-0.25, -0.2) is 9.97 Å². The van der Waals surface area contributed by atoms with Gasteiger partial charge < -0.3 is 4.90 Å². The van der Waals surface area contributed by atoms with E-state index in [2.05, 4.69) is 9.97 Å². The second-order valence-corrected chi connectivity index (χ2v) is 8.19. The average molecular weight is 370 g/mol. The van der Waals surface area contributed by atoms with E-state index in [0.717, 1.165) is 28.4 Å². The summed E-state index contributed by atoms with van der Waals surface area (Å²) in [4.78, 5) is 25.7. The predicted molar refractivity (Wildman–Crippen MR) is 105 cm³/mol. The van der Waals surface area contributed by atoms with E-state index in [1.165, 1.54) is 40.4 Å². The Morgan fingerprint density at radius 3 is 2.84 bits per heavy atom. The molecule has 0 unspecified atom stereocenters. The van der Waals surface area contributed by atoms with Crippen molar-refractivity contribution in [3.63, 3.8) is 0 Å². The monoisotopic (exact) mass is 369 g/mol. The Bertz CT molecular complexity index is 908. The maximum absolute atomic E-state index is 12.5. The lowest BCUT2D eigenvalue weighted by Crippen LogP contribution is -2.27. The van der Waals surface area contributed by atoms with Gasteiger partial charge in [0.2, 0.25) is 5.91 Å². The molecule has 1 amide bonds. The van der Waals surface area contributed by atoms with Crippen LogP contribution in [0.3, 0.4) is 0 Å². The number of amides is 1. The van der Waals surface area contributed by atoms with Crippen molar-refractivity contribution in [2.75, 3.05) is 17.7 Å². The number of hydrogen-bond acceptors (Lipinski definition) is 5. The second kappa shape index (κ2) is 7.14. The summed E-state index contributed by atoms with van der Waals surface area (Å²) in [5, 5.41) is 2.13. The molecule has 6 heteroatoms. The summed E-state index contributed by atoms with van der Waals surface area (Å²) in [5.74, 6) is 0.453. The van der Waals surface area contributed by atoms with Crippen LogP contribution in [-0.4, -0.2) is 28.7 Å². The SMILES string of the molecule is CN(C(=O)CSc1ncnc2sc3c(c12)CCCC3)c1ccccc1. The van der Waals surface area contributed by atoms with Crippen molar-refractivity contribution in [1.82, 2.24) is 9.97 Å². The molecule has 1 aliphatic rings. The molecule has 2 aromatic heterocycles. The number of anilines is 1. The quantitative estimate of drug-likeness (QED) is 0.507. The molecule has 0 atom stereocenters. The van der Waals surface area contributed by atoms with Gasteiger partial charge in [0.15, 0.2) is 0 Å². The maximum Gasteiger partial charge on any atom is 0.237 e. The Labute approximate surface area is 155 Å². The van der Waals surface area contributed by atoms with Crippen molar-refractivity contribution in [3.05, 3.63) is 47.1 Å². The predicted octanol–water partition coefficient (Wildman–Crippen LogP) is 4.33. The normalized spacial score (nSPS) is 13.6. The Morgan fingerprint density at radius 2 is 2.00 bits per heavy atom. The third-order valence-corrected chi connectivity index (χ3v) is 6.74. The molecular formula is C19H19N3OS2. The third-order valence-electron chi connectivity index (χ3n) is 4.57. The van der Waals surface area contributed by atoms with Gasteiger partial charge in [-0.2, -0.15) is 0 Å². The van der Waals surface area contributed by atoms with Crippen LogP contribution in [0.5, 0.6) is 0 Å². The molecule has 1 aliphatic carbocycles. The lowest BCUT2D eigenvalue weighted by atomic mass is 9.97. The summed E-state index contributed by atoms with van der Waals surface area (Å²) in [6.45, 7) is 0. The van der Waals surface area contributed by atoms with E-state index in [0.29, 0.717) is 5.75 Å². The number of thioether (sulfide) groups is 1. The van der Waals surface area contributed by atoms with Gasteiger partial charge in [-0.1, -0.05) is 30.0 Å². The molecule has 0 saturated heterocycles. The van der Waals surface area contributed by atoms with Gasteiger partial charge in [0, 0.05) is 23.0 Å². The van der Waals surface area contributed by atoms with E-state index in [-0.39, 0.29) is 5.91 Å². The molecule has 3 aromatic rings. The molecule has 0 aliphatic heterocycles. The van der Waals surface area contributed by atoms with Crippen LogP contribution in [0.2, 0.25) is 0 Å². The van der Waals surface area contributed by atoms with Gasteiger partial charge in [-0.05, 0) is 43.4 Å². The lowest BCUT2D eigenvalue weighted by molar-refractivity contribution is -0.115. The minimum absolute atomic E-state index is 0.0760. The minimum Gasteiger partial charge on any atom is -0.315 e. The Hall–Kier alpha value is -1.92. The van der Waals surface area contributed by atoms with E-state index in [1.54, 1.807) is 22.6 Å². The van der Waals surface area contributed by atoms with Crippen LogP contribution < -0.4 is 4.90 Å². The van der Waals surface area contributed by atoms with Gasteiger partial charge in [0.25, 0.3) is 0 Å². The van der Waals surface area contributed by atoms with Gasteiger partial charge in [-0.3, -0.25) is 4.79 Å². The lowest BCUT2D eigenvalue weighted by Gasteiger charge is -2.17. The van der Waals surface area contributed by atoms with Crippen molar-refractivity contribution in [2.45, 2.75) is 30.7 Å². The van der Waals surface area contributed by atoms with Crippen molar-refractivity contribution < 1.29 is 4.79 Å². The van der Waals surface area contributed by atoms with Crippen LogP contribution >= 0.6 is 23.1 Å². The molecule has 0 radical (unpaired) electrons. The summed E-state index contributed by atoms with van der Waals surface area (Å²) < 4.78 is 0. The first-order valence-corrected chi connectivity index (χ1v) is 10.2. The first kappa shape index (κ1) is 16.5. The summed E-state index contributed by atoms with van der Waals surface area (Å²) in [5.41, 5.74) is 2.33. The number of aromatic nitrogens is 2. The van der Waals surface area contributed by atoms with E-state index >= 15 is 0 Å². The maximum atomic E-state index is 12.5. The molecule has 0 fully saturated rings. The number of rotatable bonds is 4. The van der Waals surface area contributed by atoms with Crippen LogP contribution in [0.25, 0.3) is 10.2 Å². The topological polar surface area (TPSA) is 46.1 Å². The highest BCUT2D eigenvalue weighted by atomic mass is 32.2. The van der Waals surface area contributed by atoms with Crippen LogP contribution in [0.1, 0.15) is 23.3 Å². The fourth-order valence-electron chi connectivity index (χ4n) is 3.19. The number of carbonyl (C=O) groups is 1. The smallest absolute Gasteiger partial charge is 0.237 e. The average Bonchev–Trinajstić information content (AvgIpc) is 3.05. The van der Waals surface area contributed by atoms with Gasteiger partial charge in [0.05, 0.1) is 5.75 Å². The van der Waals surface area contributed by atoms with Crippen LogP contribution in [0, 0.1) is 0 Å².